The maximum absolute atomic E-state index is 11.0. The third-order valence-corrected chi connectivity index (χ3v) is 7.54. The maximum atomic E-state index is 11.0. The number of hydrogen-bond acceptors (Lipinski definition) is 4. The van der Waals surface area contributed by atoms with Gasteiger partial charge in [-0.1, -0.05) is 44.0 Å². The first kappa shape index (κ1) is 24.9. The molecule has 1 aliphatic carbocycles. The molecular formula is C31H34N2O4. The number of aromatic hydroxyl groups is 1. The predicted molar refractivity (Wildman–Crippen MR) is 145 cm³/mol. The zero-order chi connectivity index (χ0) is 26.1. The van der Waals surface area contributed by atoms with Gasteiger partial charge in [0.25, 0.3) is 0 Å². The fourth-order valence-electron chi connectivity index (χ4n) is 5.44. The van der Waals surface area contributed by atoms with Crippen molar-refractivity contribution in [1.29, 1.82) is 0 Å². The molecule has 0 radical (unpaired) electrons. The van der Waals surface area contributed by atoms with E-state index in [9.17, 15) is 9.90 Å². The lowest BCUT2D eigenvalue weighted by atomic mass is 9.98. The number of carbonyl (C=O) groups is 1. The predicted octanol–water partition coefficient (Wildman–Crippen LogP) is 7.30. The first-order valence-corrected chi connectivity index (χ1v) is 13.1. The minimum Gasteiger partial charge on any atom is -0.507 e. The van der Waals surface area contributed by atoms with Crippen molar-refractivity contribution >= 4 is 16.9 Å². The number of rotatable bonds is 8. The van der Waals surface area contributed by atoms with Crippen LogP contribution in [0.2, 0.25) is 0 Å². The van der Waals surface area contributed by atoms with Gasteiger partial charge < -0.3 is 14.9 Å². The molecule has 1 atom stereocenters. The second-order valence-corrected chi connectivity index (χ2v) is 10.4. The summed E-state index contributed by atoms with van der Waals surface area (Å²) in [6.07, 6.45) is 4.83. The van der Waals surface area contributed by atoms with Gasteiger partial charge >= 0.3 is 5.97 Å². The number of ether oxygens (including phenoxy) is 1. The average molecular weight is 499 g/mol. The van der Waals surface area contributed by atoms with E-state index in [0.29, 0.717) is 18.4 Å². The van der Waals surface area contributed by atoms with Crippen molar-refractivity contribution < 1.29 is 19.7 Å². The summed E-state index contributed by atoms with van der Waals surface area (Å²) in [6, 6.07) is 18.5. The summed E-state index contributed by atoms with van der Waals surface area (Å²) in [6.45, 7) is 6.21. The van der Waals surface area contributed by atoms with Crippen LogP contribution in [0.5, 0.6) is 11.5 Å². The lowest BCUT2D eigenvalue weighted by molar-refractivity contribution is -0.137. The summed E-state index contributed by atoms with van der Waals surface area (Å²) in [4.78, 5) is 11.0. The Morgan fingerprint density at radius 1 is 1.05 bits per heavy atom. The number of nitrogens with zero attached hydrogens (tertiary/aromatic N) is 2. The molecule has 3 aromatic carbocycles. The number of aryl methyl sites for hydroxylation is 2. The minimum atomic E-state index is -0.793. The Morgan fingerprint density at radius 3 is 2.38 bits per heavy atom. The van der Waals surface area contributed by atoms with Gasteiger partial charge in [-0.05, 0) is 85.2 Å². The number of carboxylic acids is 1. The molecule has 0 saturated heterocycles. The van der Waals surface area contributed by atoms with Gasteiger partial charge in [-0.15, -0.1) is 0 Å². The van der Waals surface area contributed by atoms with Crippen molar-refractivity contribution in [3.8, 4) is 22.8 Å². The van der Waals surface area contributed by atoms with Gasteiger partial charge in [0.2, 0.25) is 0 Å². The molecule has 2 N–H and O–H groups in total. The van der Waals surface area contributed by atoms with Crippen molar-refractivity contribution in [2.24, 2.45) is 0 Å². The third kappa shape index (κ3) is 5.19. The SMILES string of the molecule is Cc1cc(-c2nn(C3CCCC3)c3cc(COc4ccc([C@@H](C)CC(=O)O)cc4)ccc23)cc(C)c1O. The van der Waals surface area contributed by atoms with E-state index >= 15 is 0 Å². The van der Waals surface area contributed by atoms with E-state index in [1.165, 1.54) is 12.8 Å². The molecule has 6 nitrogen and oxygen atoms in total. The Morgan fingerprint density at radius 2 is 1.73 bits per heavy atom. The third-order valence-electron chi connectivity index (χ3n) is 7.54. The van der Waals surface area contributed by atoms with Gasteiger partial charge in [0.1, 0.15) is 23.8 Å². The molecule has 1 aromatic heterocycles. The van der Waals surface area contributed by atoms with Crippen LogP contribution in [0.4, 0.5) is 0 Å². The Bertz CT molecular complexity index is 1410. The molecule has 1 fully saturated rings. The summed E-state index contributed by atoms with van der Waals surface area (Å²) in [7, 11) is 0. The highest BCUT2D eigenvalue weighted by atomic mass is 16.5. The van der Waals surface area contributed by atoms with Crippen molar-refractivity contribution in [2.45, 2.75) is 71.4 Å². The number of benzene rings is 3. The van der Waals surface area contributed by atoms with Crippen molar-refractivity contribution in [2.75, 3.05) is 0 Å². The zero-order valence-corrected chi connectivity index (χ0v) is 21.7. The molecule has 0 spiro atoms. The number of phenolic OH excluding ortho intramolecular Hbond substituents is 1. The van der Waals surface area contributed by atoms with Crippen LogP contribution in [0.15, 0.2) is 54.6 Å². The number of aromatic nitrogens is 2. The molecule has 0 amide bonds. The molecule has 1 aliphatic rings. The lowest BCUT2D eigenvalue weighted by Crippen LogP contribution is -2.07. The Labute approximate surface area is 217 Å². The number of carboxylic acid groups (broad SMARTS) is 1. The second kappa shape index (κ2) is 10.3. The van der Waals surface area contributed by atoms with E-state index in [1.807, 2.05) is 57.2 Å². The van der Waals surface area contributed by atoms with E-state index in [2.05, 4.69) is 22.9 Å². The molecule has 0 unspecified atom stereocenters. The summed E-state index contributed by atoms with van der Waals surface area (Å²) in [5, 5.41) is 25.5. The summed E-state index contributed by atoms with van der Waals surface area (Å²) < 4.78 is 8.29. The van der Waals surface area contributed by atoms with E-state index in [1.54, 1.807) is 0 Å². The highest BCUT2D eigenvalue weighted by Crippen LogP contribution is 2.38. The molecule has 0 aliphatic heterocycles. The van der Waals surface area contributed by atoms with Crippen LogP contribution >= 0.6 is 0 Å². The first-order valence-electron chi connectivity index (χ1n) is 13.1. The van der Waals surface area contributed by atoms with Gasteiger partial charge in [-0.3, -0.25) is 9.48 Å². The lowest BCUT2D eigenvalue weighted by Gasteiger charge is -2.13. The van der Waals surface area contributed by atoms with Gasteiger partial charge in [-0.25, -0.2) is 0 Å². The van der Waals surface area contributed by atoms with Gasteiger partial charge in [-0.2, -0.15) is 5.10 Å². The van der Waals surface area contributed by atoms with Crippen molar-refractivity contribution in [3.63, 3.8) is 0 Å². The Hall–Kier alpha value is -3.80. The fourth-order valence-corrected chi connectivity index (χ4v) is 5.44. The highest BCUT2D eigenvalue weighted by molar-refractivity contribution is 5.94. The van der Waals surface area contributed by atoms with Crippen molar-refractivity contribution in [3.05, 3.63) is 76.9 Å². The van der Waals surface area contributed by atoms with Crippen molar-refractivity contribution in [1.82, 2.24) is 9.78 Å². The van der Waals surface area contributed by atoms with E-state index < -0.39 is 5.97 Å². The van der Waals surface area contributed by atoms with Gasteiger partial charge in [0.05, 0.1) is 18.0 Å². The molecule has 5 rings (SSSR count). The van der Waals surface area contributed by atoms with Crippen LogP contribution in [0.25, 0.3) is 22.2 Å². The molecule has 0 bridgehead atoms. The standard InChI is InChI=1S/C31H34N2O4/c1-19(16-29(34)35)23-9-11-26(12-10-23)37-18-22-8-13-27-28(17-22)33(25-6-4-5-7-25)32-30(27)24-14-20(2)31(36)21(3)15-24/h8-15,17,19,25,36H,4-7,16,18H2,1-3H3,(H,34,35)/t19-/m0/s1. The van der Waals surface area contributed by atoms with E-state index in [-0.39, 0.29) is 12.3 Å². The van der Waals surface area contributed by atoms with Crippen LogP contribution in [-0.4, -0.2) is 26.0 Å². The maximum Gasteiger partial charge on any atom is 0.303 e. The van der Waals surface area contributed by atoms with Gasteiger partial charge in [0.15, 0.2) is 0 Å². The molecule has 1 heterocycles. The first-order chi connectivity index (χ1) is 17.8. The normalized spacial score (nSPS) is 14.8. The molecular weight excluding hydrogens is 464 g/mol. The van der Waals surface area contributed by atoms with Gasteiger partial charge in [0, 0.05) is 10.9 Å². The molecule has 1 saturated carbocycles. The second-order valence-electron chi connectivity index (χ2n) is 10.4. The largest absolute Gasteiger partial charge is 0.507 e. The molecule has 6 heteroatoms. The smallest absolute Gasteiger partial charge is 0.303 e. The number of phenols is 1. The van der Waals surface area contributed by atoms with Crippen LogP contribution in [0.3, 0.4) is 0 Å². The monoisotopic (exact) mass is 498 g/mol. The quantitative estimate of drug-likeness (QED) is 0.266. The average Bonchev–Trinajstić information content (AvgIpc) is 3.53. The van der Waals surface area contributed by atoms with Crippen LogP contribution < -0.4 is 4.74 Å². The van der Waals surface area contributed by atoms with Crippen LogP contribution in [0.1, 0.15) is 73.2 Å². The van der Waals surface area contributed by atoms with E-state index in [4.69, 9.17) is 14.9 Å². The Kier molecular flexibility index (Phi) is 6.92. The molecule has 192 valence electrons. The highest BCUT2D eigenvalue weighted by Gasteiger charge is 2.23. The molecule has 4 aromatic rings. The minimum absolute atomic E-state index is 0.0415. The van der Waals surface area contributed by atoms with E-state index in [0.717, 1.165) is 63.0 Å². The van der Waals surface area contributed by atoms with Crippen LogP contribution in [0, 0.1) is 13.8 Å². The molecule has 37 heavy (non-hydrogen) atoms. The summed E-state index contributed by atoms with van der Waals surface area (Å²) in [5.74, 6) is 0.262. The summed E-state index contributed by atoms with van der Waals surface area (Å²) >= 11 is 0. The zero-order valence-electron chi connectivity index (χ0n) is 21.7. The number of hydrogen-bond donors (Lipinski definition) is 2. The number of aliphatic carboxylic acids is 1. The fraction of sp³-hybridized carbons (Fsp3) is 0.355. The number of fused-ring (bicyclic) bond motifs is 1. The topological polar surface area (TPSA) is 84.6 Å². The summed E-state index contributed by atoms with van der Waals surface area (Å²) in [5.41, 5.74) is 6.86. The van der Waals surface area contributed by atoms with Crippen LogP contribution in [-0.2, 0) is 11.4 Å². The Balaban J connectivity index is 1.42.